The molecule has 106 valence electrons. The highest BCUT2D eigenvalue weighted by Gasteiger charge is 2.29. The summed E-state index contributed by atoms with van der Waals surface area (Å²) >= 11 is 0. The molecule has 0 aliphatic heterocycles. The van der Waals surface area contributed by atoms with Gasteiger partial charge in [-0.15, -0.1) is 0 Å². The van der Waals surface area contributed by atoms with Crippen molar-refractivity contribution in [3.8, 4) is 12.5 Å². The number of terminal acetylenes is 1. The summed E-state index contributed by atoms with van der Waals surface area (Å²) in [6.07, 6.45) is 5.04. The Morgan fingerprint density at radius 2 is 2.00 bits per heavy atom. The number of carbonyl (C=O) groups excluding carboxylic acids is 2. The van der Waals surface area contributed by atoms with Gasteiger partial charge in [-0.3, -0.25) is 14.9 Å². The Kier molecular flexibility index (Phi) is 6.27. The predicted molar refractivity (Wildman–Crippen MR) is 75.5 cm³/mol. The van der Waals surface area contributed by atoms with Gasteiger partial charge in [-0.25, -0.2) is 0 Å². The number of amides is 2. The molecule has 0 bridgehead atoms. The van der Waals surface area contributed by atoms with Gasteiger partial charge < -0.3 is 10.1 Å². The zero-order valence-electron chi connectivity index (χ0n) is 11.6. The fraction of sp³-hybridized carbons (Fsp3) is 0.333. The van der Waals surface area contributed by atoms with Gasteiger partial charge in [0, 0.05) is 26.5 Å². The molecule has 0 spiro atoms. The van der Waals surface area contributed by atoms with Crippen molar-refractivity contribution in [1.29, 1.82) is 0 Å². The van der Waals surface area contributed by atoms with Gasteiger partial charge in [0.25, 0.3) is 5.91 Å². The minimum atomic E-state index is -0.839. The van der Waals surface area contributed by atoms with Crippen LogP contribution in [0.15, 0.2) is 30.3 Å². The van der Waals surface area contributed by atoms with Gasteiger partial charge in [0.1, 0.15) is 6.04 Å². The van der Waals surface area contributed by atoms with E-state index in [0.717, 1.165) is 5.56 Å². The molecule has 0 aliphatic carbocycles. The SMILES string of the molecule is C#CNC(=O)C(NC(C)=O)C(Cc1ccccc1)OC. The molecule has 1 aromatic carbocycles. The molecule has 0 radical (unpaired) electrons. The lowest BCUT2D eigenvalue weighted by molar-refractivity contribution is -0.130. The highest BCUT2D eigenvalue weighted by molar-refractivity contribution is 5.88. The van der Waals surface area contributed by atoms with E-state index in [1.807, 2.05) is 30.3 Å². The third-order valence-electron chi connectivity index (χ3n) is 2.79. The van der Waals surface area contributed by atoms with Crippen molar-refractivity contribution >= 4 is 11.8 Å². The van der Waals surface area contributed by atoms with Gasteiger partial charge in [-0.1, -0.05) is 36.8 Å². The first-order valence-electron chi connectivity index (χ1n) is 6.17. The smallest absolute Gasteiger partial charge is 0.256 e. The van der Waals surface area contributed by atoms with E-state index in [1.54, 1.807) is 0 Å². The lowest BCUT2D eigenvalue weighted by atomic mass is 10.0. The molecule has 1 rings (SSSR count). The first-order valence-corrected chi connectivity index (χ1v) is 6.17. The Morgan fingerprint density at radius 1 is 1.35 bits per heavy atom. The molecule has 5 heteroatoms. The Hall–Kier alpha value is -2.32. The van der Waals surface area contributed by atoms with Crippen molar-refractivity contribution in [3.05, 3.63) is 35.9 Å². The number of nitrogens with one attached hydrogen (secondary N) is 2. The summed E-state index contributed by atoms with van der Waals surface area (Å²) in [5, 5.41) is 4.81. The van der Waals surface area contributed by atoms with E-state index >= 15 is 0 Å². The Bertz CT molecular complexity index is 494. The van der Waals surface area contributed by atoms with Gasteiger partial charge in [-0.05, 0) is 5.56 Å². The van der Waals surface area contributed by atoms with Gasteiger partial charge >= 0.3 is 0 Å². The summed E-state index contributed by atoms with van der Waals surface area (Å²) in [5.74, 6) is -0.789. The second-order valence-corrected chi connectivity index (χ2v) is 4.28. The van der Waals surface area contributed by atoms with Gasteiger partial charge in [0.2, 0.25) is 5.91 Å². The van der Waals surface area contributed by atoms with E-state index in [0.29, 0.717) is 6.42 Å². The lowest BCUT2D eigenvalue weighted by Gasteiger charge is -2.25. The number of hydrogen-bond acceptors (Lipinski definition) is 3. The Morgan fingerprint density at radius 3 is 2.50 bits per heavy atom. The van der Waals surface area contributed by atoms with Crippen molar-refractivity contribution in [2.24, 2.45) is 0 Å². The van der Waals surface area contributed by atoms with Crippen LogP contribution in [0, 0.1) is 12.5 Å². The summed E-state index contributed by atoms with van der Waals surface area (Å²) < 4.78 is 5.34. The fourth-order valence-electron chi connectivity index (χ4n) is 1.88. The summed E-state index contributed by atoms with van der Waals surface area (Å²) in [6.45, 7) is 1.34. The van der Waals surface area contributed by atoms with E-state index in [-0.39, 0.29) is 5.91 Å². The zero-order valence-corrected chi connectivity index (χ0v) is 11.6. The average Bonchev–Trinajstić information content (AvgIpc) is 2.43. The number of rotatable bonds is 6. The molecule has 0 saturated heterocycles. The molecule has 5 nitrogen and oxygen atoms in total. The molecule has 2 atom stereocenters. The summed E-state index contributed by atoms with van der Waals surface area (Å²) in [7, 11) is 1.49. The quantitative estimate of drug-likeness (QED) is 0.585. The Balaban J connectivity index is 2.87. The van der Waals surface area contributed by atoms with E-state index in [4.69, 9.17) is 11.2 Å². The first kappa shape index (κ1) is 15.7. The molecular weight excluding hydrogens is 256 g/mol. The monoisotopic (exact) mass is 274 g/mol. The molecule has 1 aromatic rings. The number of carbonyl (C=O) groups is 2. The zero-order chi connectivity index (χ0) is 15.0. The van der Waals surface area contributed by atoms with Crippen molar-refractivity contribution < 1.29 is 14.3 Å². The number of benzene rings is 1. The molecule has 2 amide bonds. The van der Waals surface area contributed by atoms with Crippen molar-refractivity contribution in [2.75, 3.05) is 7.11 Å². The predicted octanol–water partition coefficient (Wildman–Crippen LogP) is 0.456. The summed E-state index contributed by atoms with van der Waals surface area (Å²) in [6, 6.07) is 10.8. The van der Waals surface area contributed by atoms with Crippen LogP contribution in [-0.2, 0) is 20.7 Å². The highest BCUT2D eigenvalue weighted by Crippen LogP contribution is 2.09. The van der Waals surface area contributed by atoms with Gasteiger partial charge in [0.05, 0.1) is 6.10 Å². The van der Waals surface area contributed by atoms with E-state index in [2.05, 4.69) is 16.7 Å². The van der Waals surface area contributed by atoms with Crippen LogP contribution in [0.5, 0.6) is 0 Å². The molecule has 0 aliphatic rings. The summed E-state index contributed by atoms with van der Waals surface area (Å²) in [5.41, 5.74) is 1.00. The molecule has 0 aromatic heterocycles. The number of methoxy groups -OCH3 is 1. The van der Waals surface area contributed by atoms with Crippen LogP contribution in [0.25, 0.3) is 0 Å². The van der Waals surface area contributed by atoms with E-state index in [1.165, 1.54) is 14.0 Å². The highest BCUT2D eigenvalue weighted by atomic mass is 16.5. The van der Waals surface area contributed by atoms with Crippen LogP contribution in [0.3, 0.4) is 0 Å². The normalized spacial score (nSPS) is 12.8. The second-order valence-electron chi connectivity index (χ2n) is 4.28. The molecule has 2 unspecified atom stereocenters. The largest absolute Gasteiger partial charge is 0.378 e. The average molecular weight is 274 g/mol. The van der Waals surface area contributed by atoms with Crippen LogP contribution in [0.1, 0.15) is 12.5 Å². The van der Waals surface area contributed by atoms with Crippen molar-refractivity contribution in [2.45, 2.75) is 25.5 Å². The standard InChI is InChI=1S/C15H18N2O3/c1-4-16-15(19)14(17-11(2)18)13(20-3)10-12-8-6-5-7-9-12/h1,5-9,13-14H,10H2,2-3H3,(H,16,19)(H,17,18). The third kappa shape index (κ3) is 4.75. The number of hydrogen-bond donors (Lipinski definition) is 2. The summed E-state index contributed by atoms with van der Waals surface area (Å²) in [4.78, 5) is 23.2. The maximum atomic E-state index is 11.9. The topological polar surface area (TPSA) is 67.4 Å². The molecule has 0 saturated carbocycles. The molecule has 0 fully saturated rings. The minimum Gasteiger partial charge on any atom is -0.378 e. The van der Waals surface area contributed by atoms with Gasteiger partial charge in [0.15, 0.2) is 0 Å². The molecular formula is C15H18N2O3. The van der Waals surface area contributed by atoms with Crippen LogP contribution in [-0.4, -0.2) is 31.1 Å². The van der Waals surface area contributed by atoms with Gasteiger partial charge in [-0.2, -0.15) is 0 Å². The van der Waals surface area contributed by atoms with E-state index < -0.39 is 18.1 Å². The number of ether oxygens (including phenoxy) is 1. The van der Waals surface area contributed by atoms with E-state index in [9.17, 15) is 9.59 Å². The first-order chi connectivity index (χ1) is 9.58. The lowest BCUT2D eigenvalue weighted by Crippen LogP contribution is -2.53. The van der Waals surface area contributed by atoms with Crippen LogP contribution < -0.4 is 10.6 Å². The molecule has 0 heterocycles. The maximum Gasteiger partial charge on any atom is 0.256 e. The minimum absolute atomic E-state index is 0.322. The van der Waals surface area contributed by atoms with Crippen LogP contribution >= 0.6 is 0 Å². The van der Waals surface area contributed by atoms with Crippen LogP contribution in [0.4, 0.5) is 0 Å². The maximum absolute atomic E-state index is 11.9. The third-order valence-corrected chi connectivity index (χ3v) is 2.79. The molecule has 2 N–H and O–H groups in total. The fourth-order valence-corrected chi connectivity index (χ4v) is 1.88. The Labute approximate surface area is 118 Å². The van der Waals surface area contributed by atoms with Crippen molar-refractivity contribution in [1.82, 2.24) is 10.6 Å². The molecule has 20 heavy (non-hydrogen) atoms. The van der Waals surface area contributed by atoms with Crippen LogP contribution in [0.2, 0.25) is 0 Å². The second kappa shape index (κ2) is 7.97. The van der Waals surface area contributed by atoms with Crippen molar-refractivity contribution in [3.63, 3.8) is 0 Å².